The zero-order chi connectivity index (χ0) is 15.8. The maximum absolute atomic E-state index is 11.6. The third kappa shape index (κ3) is 6.79. The second-order valence-corrected chi connectivity index (χ2v) is 5.15. The van der Waals surface area contributed by atoms with Crippen molar-refractivity contribution >= 4 is 46.3 Å². The van der Waals surface area contributed by atoms with Crippen molar-refractivity contribution in [1.82, 2.24) is 10.6 Å². The fourth-order valence-corrected chi connectivity index (χ4v) is 1.93. The summed E-state index contributed by atoms with van der Waals surface area (Å²) in [7, 11) is 0. The maximum atomic E-state index is 11.6. The number of aliphatic carboxylic acids is 1. The third-order valence-corrected chi connectivity index (χ3v) is 3.19. The van der Waals surface area contributed by atoms with Crippen LogP contribution in [0.25, 0.3) is 0 Å². The molecular formula is C12H14IN3O5. The van der Waals surface area contributed by atoms with E-state index in [0.29, 0.717) is 0 Å². The summed E-state index contributed by atoms with van der Waals surface area (Å²) in [6, 6.07) is 6.29. The molecule has 0 saturated heterocycles. The van der Waals surface area contributed by atoms with Crippen molar-refractivity contribution in [2.45, 2.75) is 0 Å². The SMILES string of the molecule is O=C(O)CNC(=O)CNC(=O)CN(I)c1ccc(O)cc1. The fraction of sp³-hybridized carbons (Fsp3) is 0.250. The van der Waals surface area contributed by atoms with Gasteiger partial charge in [0.1, 0.15) is 18.8 Å². The number of halogens is 1. The predicted octanol–water partition coefficient (Wildman–Crippen LogP) is -0.134. The Morgan fingerprint density at radius 2 is 1.62 bits per heavy atom. The summed E-state index contributed by atoms with van der Waals surface area (Å²) >= 11 is 1.93. The number of carboxylic acid groups (broad SMARTS) is 1. The van der Waals surface area contributed by atoms with Crippen LogP contribution in [0.3, 0.4) is 0 Å². The van der Waals surface area contributed by atoms with E-state index in [1.165, 1.54) is 12.1 Å². The Morgan fingerprint density at radius 1 is 1.05 bits per heavy atom. The molecule has 1 aromatic rings. The number of nitrogens with zero attached hydrogens (tertiary/aromatic N) is 1. The van der Waals surface area contributed by atoms with Gasteiger partial charge >= 0.3 is 5.97 Å². The van der Waals surface area contributed by atoms with Crippen LogP contribution in [0.2, 0.25) is 0 Å². The van der Waals surface area contributed by atoms with Crippen molar-refractivity contribution < 1.29 is 24.6 Å². The standard InChI is InChI=1S/C12H14IN3O5/c13-16(8-1-3-9(17)4-2-8)7-11(19)14-5-10(18)15-6-12(20)21/h1-4,17H,5-7H2,(H,14,19)(H,15,18)(H,20,21). The molecule has 8 nitrogen and oxygen atoms in total. The van der Waals surface area contributed by atoms with Crippen molar-refractivity contribution in [2.75, 3.05) is 22.7 Å². The zero-order valence-corrected chi connectivity index (χ0v) is 13.0. The van der Waals surface area contributed by atoms with E-state index in [4.69, 9.17) is 10.2 Å². The van der Waals surface area contributed by atoms with E-state index in [1.54, 1.807) is 15.2 Å². The molecule has 0 spiro atoms. The van der Waals surface area contributed by atoms with Crippen LogP contribution >= 0.6 is 22.9 Å². The lowest BCUT2D eigenvalue weighted by molar-refractivity contribution is -0.137. The molecule has 21 heavy (non-hydrogen) atoms. The second kappa shape index (κ2) is 8.29. The molecule has 0 aromatic heterocycles. The largest absolute Gasteiger partial charge is 0.508 e. The number of anilines is 1. The van der Waals surface area contributed by atoms with Gasteiger partial charge in [0, 0.05) is 5.69 Å². The molecule has 0 unspecified atom stereocenters. The average molecular weight is 407 g/mol. The van der Waals surface area contributed by atoms with Crippen LogP contribution < -0.4 is 13.7 Å². The van der Waals surface area contributed by atoms with E-state index in [1.807, 2.05) is 22.9 Å². The molecule has 1 rings (SSSR count). The quantitative estimate of drug-likeness (QED) is 0.369. The van der Waals surface area contributed by atoms with Crippen molar-refractivity contribution in [3.05, 3.63) is 24.3 Å². The van der Waals surface area contributed by atoms with Gasteiger partial charge in [-0.2, -0.15) is 0 Å². The Labute approximate surface area is 134 Å². The number of hydrogen-bond acceptors (Lipinski definition) is 5. The molecule has 114 valence electrons. The molecule has 0 atom stereocenters. The molecule has 0 bridgehead atoms. The Kier molecular flexibility index (Phi) is 6.72. The van der Waals surface area contributed by atoms with E-state index in [9.17, 15) is 14.4 Å². The summed E-state index contributed by atoms with van der Waals surface area (Å²) in [6.45, 7) is -0.760. The Bertz CT molecular complexity index is 520. The van der Waals surface area contributed by atoms with Gasteiger partial charge < -0.3 is 24.0 Å². The van der Waals surface area contributed by atoms with Crippen LogP contribution in [-0.4, -0.2) is 47.6 Å². The average Bonchev–Trinajstić information content (AvgIpc) is 2.43. The minimum absolute atomic E-state index is 0.0115. The smallest absolute Gasteiger partial charge is 0.322 e. The summed E-state index contributed by atoms with van der Waals surface area (Å²) in [4.78, 5) is 33.1. The molecule has 1 aromatic carbocycles. The normalized spacial score (nSPS) is 9.76. The first-order valence-electron chi connectivity index (χ1n) is 5.86. The molecule has 0 radical (unpaired) electrons. The Hall–Kier alpha value is -2.04. The van der Waals surface area contributed by atoms with Gasteiger partial charge in [0.25, 0.3) is 0 Å². The zero-order valence-electron chi connectivity index (χ0n) is 10.9. The van der Waals surface area contributed by atoms with Crippen molar-refractivity contribution in [2.24, 2.45) is 0 Å². The summed E-state index contributed by atoms with van der Waals surface area (Å²) in [5.41, 5.74) is 0.721. The van der Waals surface area contributed by atoms with Crippen molar-refractivity contribution in [3.8, 4) is 5.75 Å². The number of phenols is 1. The van der Waals surface area contributed by atoms with E-state index >= 15 is 0 Å². The number of carboxylic acids is 1. The van der Waals surface area contributed by atoms with Crippen molar-refractivity contribution in [1.29, 1.82) is 0 Å². The minimum atomic E-state index is -1.15. The highest BCUT2D eigenvalue weighted by molar-refractivity contribution is 14.1. The van der Waals surface area contributed by atoms with Crippen LogP contribution in [-0.2, 0) is 14.4 Å². The molecule has 0 heterocycles. The highest BCUT2D eigenvalue weighted by atomic mass is 127. The molecule has 0 aliphatic carbocycles. The highest BCUT2D eigenvalue weighted by Crippen LogP contribution is 2.20. The van der Waals surface area contributed by atoms with E-state index < -0.39 is 18.4 Å². The number of phenolic OH excluding ortho intramolecular Hbond substituents is 1. The van der Waals surface area contributed by atoms with Crippen LogP contribution in [0.4, 0.5) is 5.69 Å². The van der Waals surface area contributed by atoms with Crippen molar-refractivity contribution in [3.63, 3.8) is 0 Å². The second-order valence-electron chi connectivity index (χ2n) is 3.98. The van der Waals surface area contributed by atoms with Gasteiger partial charge in [-0.1, -0.05) is 0 Å². The number of rotatable bonds is 7. The summed E-state index contributed by atoms with van der Waals surface area (Å²) in [5.74, 6) is -1.98. The molecule has 0 aliphatic heterocycles. The predicted molar refractivity (Wildman–Crippen MR) is 83.1 cm³/mol. The van der Waals surface area contributed by atoms with Crippen LogP contribution in [0.5, 0.6) is 5.75 Å². The van der Waals surface area contributed by atoms with E-state index in [0.717, 1.165) is 5.69 Å². The Morgan fingerprint density at radius 3 is 2.19 bits per heavy atom. The number of benzene rings is 1. The number of hydrogen-bond donors (Lipinski definition) is 4. The molecule has 4 N–H and O–H groups in total. The number of nitrogens with one attached hydrogen (secondary N) is 2. The maximum Gasteiger partial charge on any atom is 0.322 e. The van der Waals surface area contributed by atoms with Crippen LogP contribution in [0, 0.1) is 0 Å². The molecule has 0 saturated carbocycles. The van der Waals surface area contributed by atoms with Gasteiger partial charge in [0.2, 0.25) is 11.8 Å². The first-order valence-corrected chi connectivity index (χ1v) is 6.82. The lowest BCUT2D eigenvalue weighted by Crippen LogP contribution is -2.41. The number of carbonyl (C=O) groups excluding carboxylic acids is 2. The monoisotopic (exact) mass is 407 g/mol. The lowest BCUT2D eigenvalue weighted by Gasteiger charge is -2.16. The highest BCUT2D eigenvalue weighted by Gasteiger charge is 2.11. The van der Waals surface area contributed by atoms with Gasteiger partial charge in [0.15, 0.2) is 0 Å². The van der Waals surface area contributed by atoms with Gasteiger partial charge in [-0.15, -0.1) is 0 Å². The van der Waals surface area contributed by atoms with E-state index in [-0.39, 0.29) is 24.7 Å². The fourth-order valence-electron chi connectivity index (χ4n) is 1.30. The lowest BCUT2D eigenvalue weighted by atomic mass is 10.3. The van der Waals surface area contributed by atoms with Crippen LogP contribution in [0.1, 0.15) is 0 Å². The molecule has 0 fully saturated rings. The first kappa shape index (κ1) is 17.0. The van der Waals surface area contributed by atoms with Gasteiger partial charge in [-0.3, -0.25) is 14.4 Å². The number of carbonyl (C=O) groups is 3. The summed E-state index contributed by atoms with van der Waals surface area (Å²) in [5, 5.41) is 22.1. The topological polar surface area (TPSA) is 119 Å². The first-order chi connectivity index (χ1) is 9.88. The molecular weight excluding hydrogens is 393 g/mol. The van der Waals surface area contributed by atoms with Gasteiger partial charge in [0.05, 0.1) is 29.4 Å². The summed E-state index contributed by atoms with van der Waals surface area (Å²) in [6.07, 6.45) is 0. The molecule has 0 aliphatic rings. The summed E-state index contributed by atoms with van der Waals surface area (Å²) < 4.78 is 1.61. The molecule has 2 amide bonds. The van der Waals surface area contributed by atoms with Gasteiger partial charge in [-0.05, 0) is 24.3 Å². The minimum Gasteiger partial charge on any atom is -0.508 e. The molecule has 9 heteroatoms. The van der Waals surface area contributed by atoms with Gasteiger partial charge in [-0.25, -0.2) is 0 Å². The number of aromatic hydroxyl groups is 1. The number of amides is 2. The van der Waals surface area contributed by atoms with E-state index in [2.05, 4.69) is 10.6 Å². The third-order valence-electron chi connectivity index (χ3n) is 2.30. The van der Waals surface area contributed by atoms with Crippen LogP contribution in [0.15, 0.2) is 24.3 Å². The Balaban J connectivity index is 2.34.